The third-order valence-electron chi connectivity index (χ3n) is 4.44. The zero-order chi connectivity index (χ0) is 16.9. The standard InChI is InChI=1S/C20H22N2O2/c1-22-18-9-7-16(13-17(18)14-20(22)24)11-12-21-19(23)10-8-15-5-3-2-4-6-15/h2-7,9,13H,8,10-12,14H2,1H3,(H,21,23). The molecule has 0 aromatic heterocycles. The number of hydrogen-bond acceptors (Lipinski definition) is 2. The zero-order valence-corrected chi connectivity index (χ0v) is 13.9. The largest absolute Gasteiger partial charge is 0.356 e. The second-order valence-corrected chi connectivity index (χ2v) is 6.18. The average Bonchev–Trinajstić information content (AvgIpc) is 2.88. The van der Waals surface area contributed by atoms with Crippen molar-refractivity contribution in [2.75, 3.05) is 18.5 Å². The highest BCUT2D eigenvalue weighted by Crippen LogP contribution is 2.28. The summed E-state index contributed by atoms with van der Waals surface area (Å²) < 4.78 is 0. The molecule has 0 saturated carbocycles. The highest BCUT2D eigenvalue weighted by molar-refractivity contribution is 6.00. The van der Waals surface area contributed by atoms with Crippen LogP contribution in [0.3, 0.4) is 0 Å². The number of fused-ring (bicyclic) bond motifs is 1. The summed E-state index contributed by atoms with van der Waals surface area (Å²) in [7, 11) is 1.81. The van der Waals surface area contributed by atoms with E-state index in [4.69, 9.17) is 0 Å². The van der Waals surface area contributed by atoms with Gasteiger partial charge in [0.1, 0.15) is 0 Å². The molecule has 0 radical (unpaired) electrons. The minimum atomic E-state index is 0.0786. The lowest BCUT2D eigenvalue weighted by Crippen LogP contribution is -2.25. The smallest absolute Gasteiger partial charge is 0.231 e. The molecule has 4 nitrogen and oxygen atoms in total. The first-order chi connectivity index (χ1) is 11.6. The van der Waals surface area contributed by atoms with Gasteiger partial charge in [-0.1, -0.05) is 42.5 Å². The molecule has 0 spiro atoms. The summed E-state index contributed by atoms with van der Waals surface area (Å²) in [5.74, 6) is 0.214. The van der Waals surface area contributed by atoms with Crippen molar-refractivity contribution in [2.45, 2.75) is 25.7 Å². The highest BCUT2D eigenvalue weighted by atomic mass is 16.2. The quantitative estimate of drug-likeness (QED) is 0.888. The lowest BCUT2D eigenvalue weighted by Gasteiger charge is -2.11. The van der Waals surface area contributed by atoms with Crippen LogP contribution in [0, 0.1) is 0 Å². The Hall–Kier alpha value is -2.62. The molecule has 2 aromatic carbocycles. The fourth-order valence-electron chi connectivity index (χ4n) is 3.02. The Balaban J connectivity index is 1.44. The van der Waals surface area contributed by atoms with Gasteiger partial charge in [0.15, 0.2) is 0 Å². The van der Waals surface area contributed by atoms with Gasteiger partial charge >= 0.3 is 0 Å². The molecule has 1 N–H and O–H groups in total. The predicted molar refractivity (Wildman–Crippen MR) is 95.0 cm³/mol. The van der Waals surface area contributed by atoms with E-state index in [0.29, 0.717) is 19.4 Å². The van der Waals surface area contributed by atoms with Gasteiger partial charge in [0, 0.05) is 25.7 Å². The molecule has 3 rings (SSSR count). The summed E-state index contributed by atoms with van der Waals surface area (Å²) in [5, 5.41) is 2.97. The van der Waals surface area contributed by atoms with E-state index in [1.54, 1.807) is 11.9 Å². The van der Waals surface area contributed by atoms with Crippen LogP contribution >= 0.6 is 0 Å². The van der Waals surface area contributed by atoms with E-state index in [1.165, 1.54) is 5.56 Å². The zero-order valence-electron chi connectivity index (χ0n) is 13.9. The molecule has 1 aliphatic heterocycles. The fraction of sp³-hybridized carbons (Fsp3) is 0.300. The van der Waals surface area contributed by atoms with Crippen molar-refractivity contribution in [2.24, 2.45) is 0 Å². The first-order valence-electron chi connectivity index (χ1n) is 8.32. The summed E-state index contributed by atoms with van der Waals surface area (Å²) >= 11 is 0. The van der Waals surface area contributed by atoms with E-state index >= 15 is 0 Å². The van der Waals surface area contributed by atoms with Crippen molar-refractivity contribution in [3.05, 3.63) is 65.2 Å². The molecule has 0 aliphatic carbocycles. The average molecular weight is 322 g/mol. The number of amides is 2. The molecule has 2 amide bonds. The molecule has 0 unspecified atom stereocenters. The molecule has 2 aromatic rings. The van der Waals surface area contributed by atoms with Crippen LogP contribution in [0.2, 0.25) is 0 Å². The van der Waals surface area contributed by atoms with E-state index in [9.17, 15) is 9.59 Å². The third-order valence-corrected chi connectivity index (χ3v) is 4.44. The summed E-state index contributed by atoms with van der Waals surface area (Å²) in [5.41, 5.74) is 4.41. The molecule has 0 fully saturated rings. The van der Waals surface area contributed by atoms with Crippen molar-refractivity contribution in [1.29, 1.82) is 0 Å². The first-order valence-corrected chi connectivity index (χ1v) is 8.32. The van der Waals surface area contributed by atoms with Gasteiger partial charge in [0.2, 0.25) is 11.8 Å². The number of benzene rings is 2. The van der Waals surface area contributed by atoms with Crippen molar-refractivity contribution in [1.82, 2.24) is 5.32 Å². The van der Waals surface area contributed by atoms with Gasteiger partial charge in [0.25, 0.3) is 0 Å². The fourth-order valence-corrected chi connectivity index (χ4v) is 3.02. The van der Waals surface area contributed by atoms with E-state index in [1.807, 2.05) is 42.5 Å². The molecular weight excluding hydrogens is 300 g/mol. The summed E-state index contributed by atoms with van der Waals surface area (Å²) in [6.07, 6.45) is 2.53. The van der Waals surface area contributed by atoms with Crippen molar-refractivity contribution < 1.29 is 9.59 Å². The number of rotatable bonds is 6. The number of nitrogens with one attached hydrogen (secondary N) is 1. The molecule has 0 bridgehead atoms. The Labute approximate surface area is 142 Å². The molecule has 124 valence electrons. The van der Waals surface area contributed by atoms with Gasteiger partial charge in [-0.05, 0) is 35.6 Å². The summed E-state index contributed by atoms with van der Waals surface area (Å²) in [4.78, 5) is 25.3. The molecule has 0 saturated heterocycles. The van der Waals surface area contributed by atoms with E-state index < -0.39 is 0 Å². The van der Waals surface area contributed by atoms with E-state index in [-0.39, 0.29) is 11.8 Å². The summed E-state index contributed by atoms with van der Waals surface area (Å²) in [6.45, 7) is 0.621. The van der Waals surface area contributed by atoms with Crippen LogP contribution in [0.15, 0.2) is 48.5 Å². The third kappa shape index (κ3) is 3.82. The van der Waals surface area contributed by atoms with Gasteiger partial charge in [-0.3, -0.25) is 9.59 Å². The number of anilines is 1. The predicted octanol–water partition coefficient (Wildman–Crippen LogP) is 2.50. The Morgan fingerprint density at radius 1 is 1.08 bits per heavy atom. The second kappa shape index (κ2) is 7.30. The maximum atomic E-state index is 11.9. The van der Waals surface area contributed by atoms with Crippen molar-refractivity contribution in [3.63, 3.8) is 0 Å². The Kier molecular flexibility index (Phi) is 4.94. The van der Waals surface area contributed by atoms with Crippen LogP contribution in [0.25, 0.3) is 0 Å². The van der Waals surface area contributed by atoms with Crippen molar-refractivity contribution >= 4 is 17.5 Å². The lowest BCUT2D eigenvalue weighted by molar-refractivity contribution is -0.121. The first kappa shape index (κ1) is 16.2. The number of hydrogen-bond donors (Lipinski definition) is 1. The molecule has 1 heterocycles. The van der Waals surface area contributed by atoms with Crippen LogP contribution < -0.4 is 10.2 Å². The minimum Gasteiger partial charge on any atom is -0.356 e. The Morgan fingerprint density at radius 3 is 2.67 bits per heavy atom. The topological polar surface area (TPSA) is 49.4 Å². The highest BCUT2D eigenvalue weighted by Gasteiger charge is 2.23. The molecule has 0 atom stereocenters. The van der Waals surface area contributed by atoms with Crippen LogP contribution in [0.5, 0.6) is 0 Å². The monoisotopic (exact) mass is 322 g/mol. The lowest BCUT2D eigenvalue weighted by atomic mass is 10.1. The van der Waals surface area contributed by atoms with Gasteiger partial charge in [0.05, 0.1) is 6.42 Å². The molecular formula is C20H22N2O2. The van der Waals surface area contributed by atoms with Crippen molar-refractivity contribution in [3.8, 4) is 0 Å². The Morgan fingerprint density at radius 2 is 1.88 bits per heavy atom. The number of nitrogens with zero attached hydrogens (tertiary/aromatic N) is 1. The van der Waals surface area contributed by atoms with E-state index in [0.717, 1.165) is 29.7 Å². The maximum Gasteiger partial charge on any atom is 0.231 e. The van der Waals surface area contributed by atoms with Crippen LogP contribution in [-0.4, -0.2) is 25.4 Å². The van der Waals surface area contributed by atoms with E-state index in [2.05, 4.69) is 11.4 Å². The number of aryl methyl sites for hydroxylation is 1. The van der Waals surface area contributed by atoms with Crippen LogP contribution in [0.1, 0.15) is 23.1 Å². The van der Waals surface area contributed by atoms with Gasteiger partial charge in [-0.2, -0.15) is 0 Å². The van der Waals surface area contributed by atoms with Gasteiger partial charge in [-0.15, -0.1) is 0 Å². The normalized spacial score (nSPS) is 13.0. The second-order valence-electron chi connectivity index (χ2n) is 6.18. The Bertz CT molecular complexity index is 741. The number of likely N-dealkylation sites (N-methyl/N-ethyl adjacent to an activating group) is 1. The molecule has 24 heavy (non-hydrogen) atoms. The van der Waals surface area contributed by atoms with Gasteiger partial charge < -0.3 is 10.2 Å². The summed E-state index contributed by atoms with van der Waals surface area (Å²) in [6, 6.07) is 16.1. The number of carbonyl (C=O) groups excluding carboxylic acids is 2. The van der Waals surface area contributed by atoms with Crippen LogP contribution in [-0.2, 0) is 28.9 Å². The van der Waals surface area contributed by atoms with Crippen LogP contribution in [0.4, 0.5) is 5.69 Å². The minimum absolute atomic E-state index is 0.0786. The molecule has 1 aliphatic rings. The SMILES string of the molecule is CN1C(=O)Cc2cc(CCNC(=O)CCc3ccccc3)ccc21. The number of carbonyl (C=O) groups is 2. The molecule has 4 heteroatoms. The van der Waals surface area contributed by atoms with Gasteiger partial charge in [-0.25, -0.2) is 0 Å². The maximum absolute atomic E-state index is 11.9.